The monoisotopic (exact) mass is 284 g/mol. The Kier molecular flexibility index (Phi) is 3.74. The Morgan fingerprint density at radius 1 is 1.33 bits per heavy atom. The number of halogens is 2. The summed E-state index contributed by atoms with van der Waals surface area (Å²) in [6.45, 7) is 0. The van der Waals surface area contributed by atoms with Crippen LogP contribution in [-0.4, -0.2) is 17.1 Å². The Morgan fingerprint density at radius 3 is 2.83 bits per heavy atom. The minimum absolute atomic E-state index is 0.100. The standard InChI is InChI=1S/C11H10Cl2N4O/c1-18-8-4-2-3-7(9(8)14)16-10-6(12)5-15-11(13)17-10/h2-5H,14H2,1H3,(H,15,16,17). The van der Waals surface area contributed by atoms with Crippen molar-refractivity contribution < 1.29 is 4.74 Å². The Labute approximate surface area is 114 Å². The second-order valence-corrected chi connectivity index (χ2v) is 4.13. The summed E-state index contributed by atoms with van der Waals surface area (Å²) in [7, 11) is 1.55. The van der Waals surface area contributed by atoms with Crippen LogP contribution in [-0.2, 0) is 0 Å². The fraction of sp³-hybridized carbons (Fsp3) is 0.0909. The molecular formula is C11H10Cl2N4O. The molecule has 0 aliphatic heterocycles. The number of nitrogen functional groups attached to an aromatic ring is 1. The van der Waals surface area contributed by atoms with Crippen LogP contribution in [0.25, 0.3) is 0 Å². The molecule has 0 fully saturated rings. The first-order valence-corrected chi connectivity index (χ1v) is 5.75. The molecule has 3 N–H and O–H groups in total. The largest absolute Gasteiger partial charge is 0.495 e. The van der Waals surface area contributed by atoms with Gasteiger partial charge in [-0.25, -0.2) is 4.98 Å². The molecule has 18 heavy (non-hydrogen) atoms. The van der Waals surface area contributed by atoms with Crippen LogP contribution in [0.4, 0.5) is 17.2 Å². The predicted molar refractivity (Wildman–Crippen MR) is 72.7 cm³/mol. The average molecular weight is 285 g/mol. The van der Waals surface area contributed by atoms with Gasteiger partial charge in [0, 0.05) is 0 Å². The highest BCUT2D eigenvalue weighted by Crippen LogP contribution is 2.32. The minimum atomic E-state index is 0.100. The van der Waals surface area contributed by atoms with Crippen LogP contribution in [0.15, 0.2) is 24.4 Å². The van der Waals surface area contributed by atoms with E-state index in [1.54, 1.807) is 25.3 Å². The molecule has 0 aliphatic carbocycles. The van der Waals surface area contributed by atoms with Gasteiger partial charge in [-0.05, 0) is 23.7 Å². The molecule has 7 heteroatoms. The molecule has 0 bridgehead atoms. The van der Waals surface area contributed by atoms with Gasteiger partial charge in [-0.15, -0.1) is 0 Å². The summed E-state index contributed by atoms with van der Waals surface area (Å²) in [5, 5.41) is 3.43. The van der Waals surface area contributed by atoms with Crippen LogP contribution in [0.3, 0.4) is 0 Å². The van der Waals surface area contributed by atoms with Gasteiger partial charge in [-0.3, -0.25) is 0 Å². The molecule has 0 atom stereocenters. The molecule has 0 saturated carbocycles. The number of nitrogens with one attached hydrogen (secondary N) is 1. The number of para-hydroxylation sites is 1. The topological polar surface area (TPSA) is 73.1 Å². The summed E-state index contributed by atoms with van der Waals surface area (Å²) in [5.74, 6) is 0.952. The van der Waals surface area contributed by atoms with Gasteiger partial charge in [0.15, 0.2) is 5.82 Å². The van der Waals surface area contributed by atoms with Crippen LogP contribution in [0.1, 0.15) is 0 Å². The summed E-state index contributed by atoms with van der Waals surface area (Å²) in [6.07, 6.45) is 1.41. The van der Waals surface area contributed by atoms with E-state index in [1.165, 1.54) is 6.20 Å². The van der Waals surface area contributed by atoms with Crippen molar-refractivity contribution >= 4 is 40.4 Å². The zero-order valence-corrected chi connectivity index (χ0v) is 11.0. The van der Waals surface area contributed by atoms with Crippen molar-refractivity contribution in [3.63, 3.8) is 0 Å². The van der Waals surface area contributed by atoms with E-state index in [0.29, 0.717) is 28.0 Å². The number of ether oxygens (including phenoxy) is 1. The van der Waals surface area contributed by atoms with Gasteiger partial charge in [0.2, 0.25) is 5.28 Å². The number of methoxy groups -OCH3 is 1. The predicted octanol–water partition coefficient (Wildman–Crippen LogP) is 3.12. The molecule has 1 aromatic heterocycles. The van der Waals surface area contributed by atoms with Crippen molar-refractivity contribution in [2.45, 2.75) is 0 Å². The lowest BCUT2D eigenvalue weighted by atomic mass is 10.2. The van der Waals surface area contributed by atoms with Crippen LogP contribution >= 0.6 is 23.2 Å². The maximum Gasteiger partial charge on any atom is 0.224 e. The van der Waals surface area contributed by atoms with Crippen molar-refractivity contribution in [1.29, 1.82) is 0 Å². The molecule has 0 spiro atoms. The summed E-state index contributed by atoms with van der Waals surface area (Å²) >= 11 is 11.7. The van der Waals surface area contributed by atoms with E-state index in [0.717, 1.165) is 0 Å². The minimum Gasteiger partial charge on any atom is -0.495 e. The smallest absolute Gasteiger partial charge is 0.224 e. The Bertz CT molecular complexity index is 577. The van der Waals surface area contributed by atoms with Gasteiger partial charge in [-0.2, -0.15) is 4.98 Å². The highest BCUT2D eigenvalue weighted by atomic mass is 35.5. The fourth-order valence-electron chi connectivity index (χ4n) is 1.39. The number of nitrogens with zero attached hydrogens (tertiary/aromatic N) is 2. The summed E-state index contributed by atoms with van der Waals surface area (Å²) in [6, 6.07) is 5.34. The number of benzene rings is 1. The van der Waals surface area contributed by atoms with Crippen molar-refractivity contribution in [3.8, 4) is 5.75 Å². The SMILES string of the molecule is COc1cccc(Nc2nc(Cl)ncc2Cl)c1N. The second kappa shape index (κ2) is 5.29. The van der Waals surface area contributed by atoms with Gasteiger partial charge < -0.3 is 15.8 Å². The number of hydrogen-bond acceptors (Lipinski definition) is 5. The zero-order chi connectivity index (χ0) is 13.1. The zero-order valence-electron chi connectivity index (χ0n) is 9.45. The molecule has 0 radical (unpaired) electrons. The first-order valence-electron chi connectivity index (χ1n) is 4.99. The Balaban J connectivity index is 2.37. The van der Waals surface area contributed by atoms with E-state index in [9.17, 15) is 0 Å². The summed E-state index contributed by atoms with van der Waals surface area (Å²) in [5.41, 5.74) is 7.02. The first kappa shape index (κ1) is 12.7. The van der Waals surface area contributed by atoms with Crippen molar-refractivity contribution in [2.24, 2.45) is 0 Å². The number of hydrogen-bond donors (Lipinski definition) is 2. The number of anilines is 3. The molecule has 0 aliphatic rings. The van der Waals surface area contributed by atoms with Gasteiger partial charge in [0.05, 0.1) is 24.7 Å². The van der Waals surface area contributed by atoms with E-state index in [-0.39, 0.29) is 5.28 Å². The third-order valence-corrected chi connectivity index (χ3v) is 2.71. The molecule has 0 amide bonds. The van der Waals surface area contributed by atoms with Crippen molar-refractivity contribution in [1.82, 2.24) is 9.97 Å². The maximum atomic E-state index is 5.95. The second-order valence-electron chi connectivity index (χ2n) is 3.38. The van der Waals surface area contributed by atoms with Gasteiger partial charge in [0.25, 0.3) is 0 Å². The lowest BCUT2D eigenvalue weighted by Gasteiger charge is -2.12. The molecule has 2 aromatic rings. The highest BCUT2D eigenvalue weighted by Gasteiger charge is 2.09. The Hall–Kier alpha value is -1.72. The van der Waals surface area contributed by atoms with E-state index >= 15 is 0 Å². The molecule has 1 aromatic carbocycles. The van der Waals surface area contributed by atoms with Crippen molar-refractivity contribution in [3.05, 3.63) is 34.7 Å². The summed E-state index contributed by atoms with van der Waals surface area (Å²) < 4.78 is 5.12. The van der Waals surface area contributed by atoms with Crippen LogP contribution < -0.4 is 15.8 Å². The van der Waals surface area contributed by atoms with E-state index in [1.807, 2.05) is 0 Å². The van der Waals surface area contributed by atoms with Gasteiger partial charge in [-0.1, -0.05) is 17.7 Å². The average Bonchev–Trinajstić information content (AvgIpc) is 2.36. The number of aromatic nitrogens is 2. The highest BCUT2D eigenvalue weighted by molar-refractivity contribution is 6.33. The lowest BCUT2D eigenvalue weighted by molar-refractivity contribution is 0.417. The molecule has 0 saturated heterocycles. The molecule has 1 heterocycles. The fourth-order valence-corrected chi connectivity index (χ4v) is 1.66. The lowest BCUT2D eigenvalue weighted by Crippen LogP contribution is -2.01. The van der Waals surface area contributed by atoms with E-state index in [4.69, 9.17) is 33.7 Å². The van der Waals surface area contributed by atoms with Crippen LogP contribution in [0.5, 0.6) is 5.75 Å². The molecule has 0 unspecified atom stereocenters. The Morgan fingerprint density at radius 2 is 2.11 bits per heavy atom. The van der Waals surface area contributed by atoms with Gasteiger partial charge in [0.1, 0.15) is 10.8 Å². The number of rotatable bonds is 3. The third-order valence-electron chi connectivity index (χ3n) is 2.25. The van der Waals surface area contributed by atoms with E-state index in [2.05, 4.69) is 15.3 Å². The van der Waals surface area contributed by atoms with Crippen LogP contribution in [0.2, 0.25) is 10.3 Å². The molecule has 94 valence electrons. The quantitative estimate of drug-likeness (QED) is 0.669. The van der Waals surface area contributed by atoms with Crippen molar-refractivity contribution in [2.75, 3.05) is 18.2 Å². The maximum absolute atomic E-state index is 5.95. The van der Waals surface area contributed by atoms with Crippen LogP contribution in [0, 0.1) is 0 Å². The summed E-state index contributed by atoms with van der Waals surface area (Å²) in [4.78, 5) is 7.74. The third kappa shape index (κ3) is 2.57. The van der Waals surface area contributed by atoms with E-state index < -0.39 is 0 Å². The van der Waals surface area contributed by atoms with Gasteiger partial charge >= 0.3 is 0 Å². The normalized spacial score (nSPS) is 10.2. The number of nitrogens with two attached hydrogens (primary N) is 1. The first-order chi connectivity index (χ1) is 8.61. The molecule has 5 nitrogen and oxygen atoms in total. The molecular weight excluding hydrogens is 275 g/mol. The molecule has 2 rings (SSSR count).